The summed E-state index contributed by atoms with van der Waals surface area (Å²) < 4.78 is 0. The van der Waals surface area contributed by atoms with Gasteiger partial charge in [-0.15, -0.1) is 0 Å². The average Bonchev–Trinajstić information content (AvgIpc) is 2.65. The fourth-order valence-corrected chi connectivity index (χ4v) is 2.42. The van der Waals surface area contributed by atoms with Crippen molar-refractivity contribution < 1.29 is 19.8 Å². The van der Waals surface area contributed by atoms with Gasteiger partial charge in [-0.25, -0.2) is 0 Å². The molecule has 26 heavy (non-hydrogen) atoms. The van der Waals surface area contributed by atoms with Gasteiger partial charge < -0.3 is 20.8 Å². The molecule has 6 heteroatoms. The Kier molecular flexibility index (Phi) is 4.85. The molecule has 0 fully saturated rings. The number of rotatable bonds is 4. The lowest BCUT2D eigenvalue weighted by Gasteiger charge is -2.12. The van der Waals surface area contributed by atoms with E-state index in [-0.39, 0.29) is 34.0 Å². The molecule has 0 aromatic heterocycles. The number of para-hydroxylation sites is 4. The molecule has 0 heterocycles. The lowest BCUT2D eigenvalue weighted by molar-refractivity contribution is 0.0990. The number of hydrogen-bond acceptors (Lipinski definition) is 4. The number of aromatic hydroxyl groups is 2. The predicted octanol–water partition coefficient (Wildman–Crippen LogP) is 3.60. The predicted molar refractivity (Wildman–Crippen MR) is 98.6 cm³/mol. The molecular formula is C20H16N2O4. The van der Waals surface area contributed by atoms with E-state index in [1.54, 1.807) is 48.5 Å². The number of benzene rings is 3. The van der Waals surface area contributed by atoms with E-state index in [0.717, 1.165) is 0 Å². The van der Waals surface area contributed by atoms with Crippen LogP contribution in [0.4, 0.5) is 11.4 Å². The molecule has 2 amide bonds. The van der Waals surface area contributed by atoms with Gasteiger partial charge >= 0.3 is 0 Å². The molecule has 3 rings (SSSR count). The fourth-order valence-electron chi connectivity index (χ4n) is 2.42. The van der Waals surface area contributed by atoms with Gasteiger partial charge in [0.1, 0.15) is 11.5 Å². The monoisotopic (exact) mass is 348 g/mol. The third kappa shape index (κ3) is 3.64. The molecule has 0 aliphatic heterocycles. The second-order valence-corrected chi connectivity index (χ2v) is 5.49. The number of nitrogens with one attached hydrogen (secondary N) is 2. The van der Waals surface area contributed by atoms with Gasteiger partial charge in [0, 0.05) is 0 Å². The summed E-state index contributed by atoms with van der Waals surface area (Å²) in [6.07, 6.45) is 0. The number of amides is 2. The minimum absolute atomic E-state index is 0.0722. The van der Waals surface area contributed by atoms with E-state index in [2.05, 4.69) is 10.6 Å². The van der Waals surface area contributed by atoms with Crippen molar-refractivity contribution in [1.82, 2.24) is 0 Å². The topological polar surface area (TPSA) is 98.7 Å². The van der Waals surface area contributed by atoms with Crippen molar-refractivity contribution in [2.24, 2.45) is 0 Å². The number of phenols is 2. The second-order valence-electron chi connectivity index (χ2n) is 5.49. The molecule has 0 saturated carbocycles. The van der Waals surface area contributed by atoms with Crippen LogP contribution in [-0.4, -0.2) is 22.0 Å². The van der Waals surface area contributed by atoms with Crippen molar-refractivity contribution in [3.8, 4) is 11.5 Å². The highest BCUT2D eigenvalue weighted by atomic mass is 16.3. The lowest BCUT2D eigenvalue weighted by Crippen LogP contribution is -2.20. The van der Waals surface area contributed by atoms with Gasteiger partial charge in [-0.3, -0.25) is 9.59 Å². The van der Waals surface area contributed by atoms with Gasteiger partial charge in [-0.1, -0.05) is 36.4 Å². The number of carbonyl (C=O) groups excluding carboxylic acids is 2. The van der Waals surface area contributed by atoms with Crippen LogP contribution in [0, 0.1) is 0 Å². The maximum atomic E-state index is 12.6. The van der Waals surface area contributed by atoms with Gasteiger partial charge in [0.25, 0.3) is 11.8 Å². The third-order valence-electron chi connectivity index (χ3n) is 3.72. The van der Waals surface area contributed by atoms with E-state index in [1.807, 2.05) is 0 Å². The zero-order chi connectivity index (χ0) is 18.5. The van der Waals surface area contributed by atoms with Crippen LogP contribution in [0.15, 0.2) is 72.8 Å². The Morgan fingerprint density at radius 1 is 0.577 bits per heavy atom. The first-order valence-corrected chi connectivity index (χ1v) is 7.84. The molecule has 0 atom stereocenters. The van der Waals surface area contributed by atoms with Crippen molar-refractivity contribution in [1.29, 1.82) is 0 Å². The SMILES string of the molecule is O=C(Nc1ccccc1O)c1ccccc1C(=O)Nc1ccccc1O. The summed E-state index contributed by atoms with van der Waals surface area (Å²) in [6.45, 7) is 0. The van der Waals surface area contributed by atoms with Gasteiger partial charge in [0.15, 0.2) is 0 Å². The van der Waals surface area contributed by atoms with Crippen LogP contribution >= 0.6 is 0 Å². The minimum atomic E-state index is -0.533. The Hall–Kier alpha value is -3.80. The lowest BCUT2D eigenvalue weighted by atomic mass is 10.1. The molecule has 3 aromatic rings. The van der Waals surface area contributed by atoms with Gasteiger partial charge in [0.05, 0.1) is 22.5 Å². The highest BCUT2D eigenvalue weighted by Crippen LogP contribution is 2.25. The summed E-state index contributed by atoms with van der Waals surface area (Å²) in [4.78, 5) is 25.1. The Labute approximate surface area is 149 Å². The summed E-state index contributed by atoms with van der Waals surface area (Å²) in [5.41, 5.74) is 0.772. The molecule has 0 unspecified atom stereocenters. The van der Waals surface area contributed by atoms with E-state index < -0.39 is 11.8 Å². The van der Waals surface area contributed by atoms with E-state index >= 15 is 0 Å². The van der Waals surface area contributed by atoms with Crippen LogP contribution in [0.2, 0.25) is 0 Å². The zero-order valence-corrected chi connectivity index (χ0v) is 13.6. The van der Waals surface area contributed by atoms with E-state index in [0.29, 0.717) is 0 Å². The maximum Gasteiger partial charge on any atom is 0.256 e. The van der Waals surface area contributed by atoms with E-state index in [4.69, 9.17) is 0 Å². The fraction of sp³-hybridized carbons (Fsp3) is 0. The van der Waals surface area contributed by atoms with Crippen molar-refractivity contribution in [2.75, 3.05) is 10.6 Å². The summed E-state index contributed by atoms with van der Waals surface area (Å²) in [5.74, 6) is -1.21. The van der Waals surface area contributed by atoms with Gasteiger partial charge in [-0.2, -0.15) is 0 Å². The number of anilines is 2. The van der Waals surface area contributed by atoms with Crippen molar-refractivity contribution in [2.45, 2.75) is 0 Å². The summed E-state index contributed by atoms with van der Waals surface area (Å²) in [5, 5.41) is 24.7. The molecule has 0 saturated heterocycles. The Balaban J connectivity index is 1.86. The van der Waals surface area contributed by atoms with Crippen LogP contribution < -0.4 is 10.6 Å². The Morgan fingerprint density at radius 2 is 0.923 bits per heavy atom. The number of carbonyl (C=O) groups is 2. The molecule has 0 spiro atoms. The average molecular weight is 348 g/mol. The van der Waals surface area contributed by atoms with Crippen LogP contribution in [0.5, 0.6) is 11.5 Å². The molecule has 0 radical (unpaired) electrons. The Bertz CT molecular complexity index is 891. The molecule has 3 aromatic carbocycles. The molecule has 0 aliphatic carbocycles. The van der Waals surface area contributed by atoms with Crippen LogP contribution in [-0.2, 0) is 0 Å². The summed E-state index contributed by atoms with van der Waals surface area (Å²) in [7, 11) is 0. The normalized spacial score (nSPS) is 10.2. The van der Waals surface area contributed by atoms with Crippen molar-refractivity contribution in [3.05, 3.63) is 83.9 Å². The number of hydrogen-bond donors (Lipinski definition) is 4. The first-order chi connectivity index (χ1) is 12.6. The molecule has 0 aliphatic rings. The Morgan fingerprint density at radius 3 is 1.31 bits per heavy atom. The van der Waals surface area contributed by atoms with Crippen LogP contribution in [0.1, 0.15) is 20.7 Å². The molecule has 6 nitrogen and oxygen atoms in total. The van der Waals surface area contributed by atoms with Crippen LogP contribution in [0.3, 0.4) is 0 Å². The molecule has 4 N–H and O–H groups in total. The minimum Gasteiger partial charge on any atom is -0.506 e. The summed E-state index contributed by atoms with van der Waals surface area (Å²) in [6, 6.07) is 18.9. The number of phenolic OH excluding ortho intramolecular Hbond substituents is 2. The molecular weight excluding hydrogens is 332 g/mol. The first-order valence-electron chi connectivity index (χ1n) is 7.84. The van der Waals surface area contributed by atoms with Gasteiger partial charge in [0.2, 0.25) is 0 Å². The smallest absolute Gasteiger partial charge is 0.256 e. The maximum absolute atomic E-state index is 12.6. The van der Waals surface area contributed by atoms with E-state index in [9.17, 15) is 19.8 Å². The quantitative estimate of drug-likeness (QED) is 0.541. The third-order valence-corrected chi connectivity index (χ3v) is 3.72. The second kappa shape index (κ2) is 7.40. The van der Waals surface area contributed by atoms with Crippen molar-refractivity contribution >= 4 is 23.2 Å². The zero-order valence-electron chi connectivity index (χ0n) is 13.6. The highest BCUT2D eigenvalue weighted by Gasteiger charge is 2.18. The first kappa shape index (κ1) is 17.0. The van der Waals surface area contributed by atoms with E-state index in [1.165, 1.54) is 24.3 Å². The highest BCUT2D eigenvalue weighted by molar-refractivity contribution is 6.15. The summed E-state index contributed by atoms with van der Waals surface area (Å²) >= 11 is 0. The largest absolute Gasteiger partial charge is 0.506 e. The van der Waals surface area contributed by atoms with Gasteiger partial charge in [-0.05, 0) is 36.4 Å². The van der Waals surface area contributed by atoms with Crippen molar-refractivity contribution in [3.63, 3.8) is 0 Å². The molecule has 0 bridgehead atoms. The van der Waals surface area contributed by atoms with Crippen LogP contribution in [0.25, 0.3) is 0 Å². The molecule has 130 valence electrons. The standard InChI is InChI=1S/C20H16N2O4/c23-17-11-5-3-9-15(17)21-19(25)13-7-1-2-8-14(13)20(26)22-16-10-4-6-12-18(16)24/h1-12,23-24H,(H,21,25)(H,22,26).